The first-order valence-corrected chi connectivity index (χ1v) is 9.45. The van der Waals surface area contributed by atoms with Crippen LogP contribution in [0.15, 0.2) is 0 Å². The van der Waals surface area contributed by atoms with Crippen LogP contribution in [0, 0.1) is 11.8 Å². The maximum Gasteiger partial charge on any atom is 0.281 e. The van der Waals surface area contributed by atoms with Crippen molar-refractivity contribution >= 4 is 10.2 Å². The average molecular weight is 318 g/mol. The molecule has 0 bridgehead atoms. The van der Waals surface area contributed by atoms with Gasteiger partial charge < -0.3 is 9.47 Å². The molecule has 3 aliphatic rings. The molecule has 21 heavy (non-hydrogen) atoms. The Morgan fingerprint density at radius 3 is 2.24 bits per heavy atom. The molecule has 3 fully saturated rings. The Bertz CT molecular complexity index is 450. The van der Waals surface area contributed by atoms with Crippen molar-refractivity contribution in [3.05, 3.63) is 0 Å². The van der Waals surface area contributed by atoms with Crippen LogP contribution in [0.4, 0.5) is 0 Å². The number of rotatable bonds is 3. The van der Waals surface area contributed by atoms with Crippen molar-refractivity contribution in [3.8, 4) is 0 Å². The van der Waals surface area contributed by atoms with Crippen molar-refractivity contribution in [2.24, 2.45) is 11.8 Å². The van der Waals surface area contributed by atoms with Crippen LogP contribution in [0.5, 0.6) is 0 Å². The molecule has 0 aromatic carbocycles. The minimum Gasteiger partial charge on any atom is -0.350 e. The zero-order valence-electron chi connectivity index (χ0n) is 12.7. The zero-order chi connectivity index (χ0) is 14.9. The van der Waals surface area contributed by atoms with Gasteiger partial charge in [-0.1, -0.05) is 6.92 Å². The monoisotopic (exact) mass is 318 g/mol. The molecule has 3 saturated heterocycles. The van der Waals surface area contributed by atoms with Crippen molar-refractivity contribution in [2.45, 2.75) is 38.9 Å². The van der Waals surface area contributed by atoms with Gasteiger partial charge in [-0.3, -0.25) is 0 Å². The Hall–Kier alpha value is -0.210. The van der Waals surface area contributed by atoms with Gasteiger partial charge >= 0.3 is 0 Å². The molecule has 122 valence electrons. The molecule has 0 aromatic rings. The highest BCUT2D eigenvalue weighted by Crippen LogP contribution is 2.28. The molecule has 6 nitrogen and oxygen atoms in total. The van der Waals surface area contributed by atoms with E-state index >= 15 is 0 Å². The van der Waals surface area contributed by atoms with Gasteiger partial charge in [-0.15, -0.1) is 0 Å². The zero-order valence-corrected chi connectivity index (χ0v) is 13.6. The van der Waals surface area contributed by atoms with Crippen LogP contribution in [0.1, 0.15) is 32.6 Å². The van der Waals surface area contributed by atoms with Gasteiger partial charge in [0.25, 0.3) is 10.2 Å². The van der Waals surface area contributed by atoms with Gasteiger partial charge in [0.1, 0.15) is 0 Å². The SMILES string of the molecule is C[C@@H]1CCCN(S(=O)(=O)N2CCC[C@@H](C3OCCO3)C2)C1. The van der Waals surface area contributed by atoms with E-state index in [0.717, 1.165) is 25.7 Å². The third-order valence-corrected chi connectivity index (χ3v) is 6.69. The smallest absolute Gasteiger partial charge is 0.281 e. The number of hydrogen-bond donors (Lipinski definition) is 0. The van der Waals surface area contributed by atoms with Crippen LogP contribution in [0.25, 0.3) is 0 Å². The van der Waals surface area contributed by atoms with Gasteiger partial charge in [-0.05, 0) is 31.6 Å². The Morgan fingerprint density at radius 2 is 1.57 bits per heavy atom. The molecule has 0 aliphatic carbocycles. The standard InChI is InChI=1S/C14H26N2O4S/c1-12-4-2-6-15(10-12)21(17,18)16-7-3-5-13(11-16)14-19-8-9-20-14/h12-14H,2-11H2,1H3/t12-,13-/m1/s1. The van der Waals surface area contributed by atoms with E-state index in [1.807, 2.05) is 0 Å². The Balaban J connectivity index is 1.66. The average Bonchev–Trinajstić information content (AvgIpc) is 3.02. The number of nitrogens with zero attached hydrogens (tertiary/aromatic N) is 2. The molecule has 2 atom stereocenters. The van der Waals surface area contributed by atoms with Crippen molar-refractivity contribution in [2.75, 3.05) is 39.4 Å². The largest absolute Gasteiger partial charge is 0.350 e. The Kier molecular flexibility index (Phi) is 4.85. The van der Waals surface area contributed by atoms with E-state index < -0.39 is 10.2 Å². The fourth-order valence-corrected chi connectivity index (χ4v) is 5.44. The molecular formula is C14H26N2O4S. The van der Waals surface area contributed by atoms with Crippen LogP contribution in [-0.2, 0) is 19.7 Å². The summed E-state index contributed by atoms with van der Waals surface area (Å²) in [6, 6.07) is 0. The minimum atomic E-state index is -3.32. The Labute approximate surface area is 127 Å². The molecule has 3 heterocycles. The normalized spacial score (nSPS) is 34.3. The topological polar surface area (TPSA) is 59.1 Å². The van der Waals surface area contributed by atoms with E-state index in [1.54, 1.807) is 8.61 Å². The summed E-state index contributed by atoms with van der Waals surface area (Å²) in [5.74, 6) is 0.619. The molecule has 7 heteroatoms. The van der Waals surface area contributed by atoms with Crippen LogP contribution >= 0.6 is 0 Å². The van der Waals surface area contributed by atoms with E-state index in [9.17, 15) is 8.42 Å². The van der Waals surface area contributed by atoms with E-state index in [-0.39, 0.29) is 12.2 Å². The molecular weight excluding hydrogens is 292 g/mol. The van der Waals surface area contributed by atoms with Gasteiger partial charge in [0, 0.05) is 32.1 Å². The predicted molar refractivity (Wildman–Crippen MR) is 78.9 cm³/mol. The summed E-state index contributed by atoms with van der Waals surface area (Å²) in [6.07, 6.45) is 3.73. The van der Waals surface area contributed by atoms with Gasteiger partial charge in [-0.25, -0.2) is 0 Å². The summed E-state index contributed by atoms with van der Waals surface area (Å²) in [6.45, 7) is 5.83. The predicted octanol–water partition coefficient (Wildman–Crippen LogP) is 1.05. The van der Waals surface area contributed by atoms with Gasteiger partial charge in [0.05, 0.1) is 13.2 Å². The lowest BCUT2D eigenvalue weighted by Crippen LogP contribution is -2.51. The van der Waals surface area contributed by atoms with Crippen molar-refractivity contribution in [3.63, 3.8) is 0 Å². The summed E-state index contributed by atoms with van der Waals surface area (Å²) >= 11 is 0. The highest BCUT2D eigenvalue weighted by Gasteiger charge is 2.38. The van der Waals surface area contributed by atoms with Gasteiger partial charge in [0.15, 0.2) is 6.29 Å². The Morgan fingerprint density at radius 1 is 0.952 bits per heavy atom. The number of ether oxygens (including phenoxy) is 2. The van der Waals surface area contributed by atoms with Gasteiger partial charge in [-0.2, -0.15) is 17.0 Å². The second kappa shape index (κ2) is 6.50. The fourth-order valence-electron chi connectivity index (χ4n) is 3.57. The summed E-state index contributed by atoms with van der Waals surface area (Å²) in [5.41, 5.74) is 0. The lowest BCUT2D eigenvalue weighted by Gasteiger charge is -2.38. The highest BCUT2D eigenvalue weighted by atomic mass is 32.2. The van der Waals surface area contributed by atoms with Crippen LogP contribution in [0.2, 0.25) is 0 Å². The van der Waals surface area contributed by atoms with Crippen molar-refractivity contribution in [1.82, 2.24) is 8.61 Å². The maximum absolute atomic E-state index is 12.8. The second-order valence-electron chi connectivity index (χ2n) is 6.48. The maximum atomic E-state index is 12.8. The van der Waals surface area contributed by atoms with E-state index in [0.29, 0.717) is 45.3 Å². The quantitative estimate of drug-likeness (QED) is 0.780. The van der Waals surface area contributed by atoms with Crippen LogP contribution in [-0.4, -0.2) is 62.7 Å². The summed E-state index contributed by atoms with van der Waals surface area (Å²) < 4.78 is 40.1. The van der Waals surface area contributed by atoms with E-state index in [4.69, 9.17) is 9.47 Å². The fraction of sp³-hybridized carbons (Fsp3) is 1.00. The highest BCUT2D eigenvalue weighted by molar-refractivity contribution is 7.86. The van der Waals surface area contributed by atoms with Crippen LogP contribution < -0.4 is 0 Å². The molecule has 0 amide bonds. The molecule has 0 spiro atoms. The first-order chi connectivity index (χ1) is 10.1. The van der Waals surface area contributed by atoms with Crippen molar-refractivity contribution < 1.29 is 17.9 Å². The minimum absolute atomic E-state index is 0.165. The molecule has 3 rings (SSSR count). The molecule has 3 aliphatic heterocycles. The molecule has 0 N–H and O–H groups in total. The van der Waals surface area contributed by atoms with E-state index in [1.165, 1.54) is 0 Å². The first-order valence-electron chi connectivity index (χ1n) is 8.06. The lowest BCUT2D eigenvalue weighted by molar-refractivity contribution is -0.0943. The third-order valence-electron chi connectivity index (χ3n) is 4.73. The van der Waals surface area contributed by atoms with Gasteiger partial charge in [0.2, 0.25) is 0 Å². The summed E-state index contributed by atoms with van der Waals surface area (Å²) in [7, 11) is -3.32. The second-order valence-corrected chi connectivity index (χ2v) is 8.41. The summed E-state index contributed by atoms with van der Waals surface area (Å²) in [4.78, 5) is 0. The molecule has 0 aromatic heterocycles. The molecule has 0 radical (unpaired) electrons. The van der Waals surface area contributed by atoms with E-state index in [2.05, 4.69) is 6.92 Å². The molecule has 0 saturated carbocycles. The summed E-state index contributed by atoms with van der Waals surface area (Å²) in [5, 5.41) is 0. The number of hydrogen-bond acceptors (Lipinski definition) is 4. The third kappa shape index (κ3) is 3.42. The first kappa shape index (κ1) is 15.7. The number of piperidine rings is 2. The van der Waals surface area contributed by atoms with Crippen molar-refractivity contribution in [1.29, 1.82) is 0 Å². The lowest BCUT2D eigenvalue weighted by atomic mass is 9.99. The molecule has 0 unspecified atom stereocenters. The van der Waals surface area contributed by atoms with Crippen LogP contribution in [0.3, 0.4) is 0 Å².